The molecule has 0 spiro atoms. The lowest BCUT2D eigenvalue weighted by atomic mass is 10.1. The summed E-state index contributed by atoms with van der Waals surface area (Å²) in [4.78, 5) is 0. The van der Waals surface area contributed by atoms with Gasteiger partial charge in [-0.05, 0) is 37.5 Å². The molecule has 1 aliphatic rings. The van der Waals surface area contributed by atoms with Gasteiger partial charge in [-0.2, -0.15) is 11.8 Å². The lowest BCUT2D eigenvalue weighted by molar-refractivity contribution is 0.533. The normalized spacial score (nSPS) is 23.8. The maximum Gasteiger partial charge on any atom is 0.0172 e. The summed E-state index contributed by atoms with van der Waals surface area (Å²) in [7, 11) is 0. The fourth-order valence-electron chi connectivity index (χ4n) is 1.46. The van der Waals surface area contributed by atoms with Gasteiger partial charge in [0.25, 0.3) is 0 Å². The van der Waals surface area contributed by atoms with E-state index in [4.69, 9.17) is 0 Å². The number of rotatable bonds is 5. The quantitative estimate of drug-likeness (QED) is 0.664. The van der Waals surface area contributed by atoms with E-state index >= 15 is 0 Å². The highest BCUT2D eigenvalue weighted by Crippen LogP contribution is 2.25. The van der Waals surface area contributed by atoms with Crippen molar-refractivity contribution in [2.24, 2.45) is 5.92 Å². The Hall–Kier alpha value is 0.310. The number of hydrogen-bond acceptors (Lipinski definition) is 2. The van der Waals surface area contributed by atoms with Gasteiger partial charge in [-0.3, -0.25) is 0 Å². The van der Waals surface area contributed by atoms with Crippen LogP contribution in [-0.2, 0) is 0 Å². The first-order chi connectivity index (χ1) is 5.79. The lowest BCUT2D eigenvalue weighted by Crippen LogP contribution is -2.24. The Bertz CT molecular complexity index is 108. The molecule has 1 saturated heterocycles. The van der Waals surface area contributed by atoms with E-state index in [1.807, 2.05) is 0 Å². The standard InChI is InChI=1S/C10H21NS/c1-9(2)5-6-11-8-10-4-3-7-12-10/h9-11H,3-8H2,1-2H3. The molecular formula is C10H21NS. The fraction of sp³-hybridized carbons (Fsp3) is 1.00. The summed E-state index contributed by atoms with van der Waals surface area (Å²) >= 11 is 2.14. The molecule has 1 fully saturated rings. The average molecular weight is 187 g/mol. The molecule has 0 aromatic carbocycles. The van der Waals surface area contributed by atoms with Crippen molar-refractivity contribution in [2.75, 3.05) is 18.8 Å². The highest BCUT2D eigenvalue weighted by atomic mass is 32.2. The predicted molar refractivity (Wildman–Crippen MR) is 57.8 cm³/mol. The van der Waals surface area contributed by atoms with Gasteiger partial charge in [0.05, 0.1) is 0 Å². The van der Waals surface area contributed by atoms with Crippen molar-refractivity contribution in [3.05, 3.63) is 0 Å². The molecular weight excluding hydrogens is 166 g/mol. The number of hydrogen-bond donors (Lipinski definition) is 1. The molecule has 1 N–H and O–H groups in total. The molecule has 0 aromatic heterocycles. The second-order valence-corrected chi connectivity index (χ2v) is 5.43. The zero-order valence-electron chi connectivity index (χ0n) is 8.31. The van der Waals surface area contributed by atoms with E-state index in [0.29, 0.717) is 0 Å². The molecule has 72 valence electrons. The molecule has 1 rings (SSSR count). The predicted octanol–water partition coefficient (Wildman–Crippen LogP) is 2.52. The van der Waals surface area contributed by atoms with Gasteiger partial charge in [0.2, 0.25) is 0 Å². The minimum absolute atomic E-state index is 0.841. The zero-order valence-corrected chi connectivity index (χ0v) is 9.12. The maximum atomic E-state index is 3.54. The van der Waals surface area contributed by atoms with E-state index in [1.165, 1.54) is 38.1 Å². The molecule has 12 heavy (non-hydrogen) atoms. The summed E-state index contributed by atoms with van der Waals surface area (Å²) in [5, 5.41) is 4.45. The van der Waals surface area contributed by atoms with E-state index in [2.05, 4.69) is 30.9 Å². The first-order valence-corrected chi connectivity index (χ1v) is 6.16. The molecule has 2 heteroatoms. The Morgan fingerprint density at radius 1 is 1.50 bits per heavy atom. The molecule has 0 amide bonds. The summed E-state index contributed by atoms with van der Waals surface area (Å²) < 4.78 is 0. The Morgan fingerprint density at radius 3 is 2.92 bits per heavy atom. The molecule has 0 aliphatic carbocycles. The summed E-state index contributed by atoms with van der Waals surface area (Å²) in [6.45, 7) is 7.00. The van der Waals surface area contributed by atoms with Crippen LogP contribution in [0.15, 0.2) is 0 Å². The van der Waals surface area contributed by atoms with Gasteiger partial charge in [-0.1, -0.05) is 13.8 Å². The summed E-state index contributed by atoms with van der Waals surface area (Å²) in [6, 6.07) is 0. The van der Waals surface area contributed by atoms with Crippen LogP contribution in [0.2, 0.25) is 0 Å². The maximum absolute atomic E-state index is 3.54. The van der Waals surface area contributed by atoms with E-state index < -0.39 is 0 Å². The Morgan fingerprint density at radius 2 is 2.33 bits per heavy atom. The van der Waals surface area contributed by atoms with Crippen LogP contribution >= 0.6 is 11.8 Å². The van der Waals surface area contributed by atoms with E-state index in [1.54, 1.807) is 0 Å². The van der Waals surface area contributed by atoms with Crippen molar-refractivity contribution in [3.63, 3.8) is 0 Å². The van der Waals surface area contributed by atoms with Crippen LogP contribution in [0.5, 0.6) is 0 Å². The lowest BCUT2D eigenvalue weighted by Gasteiger charge is -2.10. The Balaban J connectivity index is 1.88. The van der Waals surface area contributed by atoms with Crippen LogP contribution in [0.1, 0.15) is 33.1 Å². The molecule has 0 saturated carbocycles. The van der Waals surface area contributed by atoms with Gasteiger partial charge < -0.3 is 5.32 Å². The van der Waals surface area contributed by atoms with Crippen molar-refractivity contribution in [1.29, 1.82) is 0 Å². The number of thioether (sulfide) groups is 1. The van der Waals surface area contributed by atoms with Crippen LogP contribution in [-0.4, -0.2) is 24.1 Å². The molecule has 0 radical (unpaired) electrons. The van der Waals surface area contributed by atoms with Gasteiger partial charge in [-0.15, -0.1) is 0 Å². The van der Waals surface area contributed by atoms with Crippen molar-refractivity contribution in [1.82, 2.24) is 5.32 Å². The van der Waals surface area contributed by atoms with Gasteiger partial charge in [0.1, 0.15) is 0 Å². The smallest absolute Gasteiger partial charge is 0.0172 e. The third kappa shape index (κ3) is 4.36. The van der Waals surface area contributed by atoms with Crippen LogP contribution < -0.4 is 5.32 Å². The molecule has 1 atom stereocenters. The van der Waals surface area contributed by atoms with Gasteiger partial charge in [0.15, 0.2) is 0 Å². The van der Waals surface area contributed by atoms with Gasteiger partial charge in [-0.25, -0.2) is 0 Å². The molecule has 0 bridgehead atoms. The van der Waals surface area contributed by atoms with Crippen molar-refractivity contribution in [3.8, 4) is 0 Å². The van der Waals surface area contributed by atoms with E-state index in [-0.39, 0.29) is 0 Å². The summed E-state index contributed by atoms with van der Waals surface area (Å²) in [5.74, 6) is 2.23. The second-order valence-electron chi connectivity index (χ2n) is 4.02. The van der Waals surface area contributed by atoms with Gasteiger partial charge >= 0.3 is 0 Å². The Labute approximate surface area is 80.7 Å². The molecule has 1 unspecified atom stereocenters. The molecule has 1 aliphatic heterocycles. The minimum Gasteiger partial charge on any atom is -0.316 e. The molecule has 1 heterocycles. The van der Waals surface area contributed by atoms with Crippen molar-refractivity contribution < 1.29 is 0 Å². The van der Waals surface area contributed by atoms with Crippen LogP contribution in [0.25, 0.3) is 0 Å². The SMILES string of the molecule is CC(C)CCNCC1CCCS1. The van der Waals surface area contributed by atoms with Crippen LogP contribution in [0.3, 0.4) is 0 Å². The fourth-order valence-corrected chi connectivity index (χ4v) is 2.69. The van der Waals surface area contributed by atoms with E-state index in [9.17, 15) is 0 Å². The average Bonchev–Trinajstić information content (AvgIpc) is 2.49. The number of nitrogens with one attached hydrogen (secondary N) is 1. The Kier molecular flexibility index (Phi) is 5.08. The van der Waals surface area contributed by atoms with Crippen molar-refractivity contribution in [2.45, 2.75) is 38.4 Å². The second kappa shape index (κ2) is 5.87. The third-order valence-corrected chi connectivity index (χ3v) is 3.69. The topological polar surface area (TPSA) is 12.0 Å². The molecule has 0 aromatic rings. The largest absolute Gasteiger partial charge is 0.316 e. The van der Waals surface area contributed by atoms with Crippen LogP contribution in [0.4, 0.5) is 0 Å². The monoisotopic (exact) mass is 187 g/mol. The molecule has 1 nitrogen and oxygen atoms in total. The van der Waals surface area contributed by atoms with Crippen LogP contribution in [0, 0.1) is 5.92 Å². The third-order valence-electron chi connectivity index (χ3n) is 2.29. The van der Waals surface area contributed by atoms with E-state index in [0.717, 1.165) is 11.2 Å². The minimum atomic E-state index is 0.841. The summed E-state index contributed by atoms with van der Waals surface area (Å²) in [5.41, 5.74) is 0. The van der Waals surface area contributed by atoms with Crippen molar-refractivity contribution >= 4 is 11.8 Å². The first kappa shape index (κ1) is 10.4. The van der Waals surface area contributed by atoms with Gasteiger partial charge in [0, 0.05) is 11.8 Å². The summed E-state index contributed by atoms with van der Waals surface area (Å²) in [6.07, 6.45) is 4.18. The first-order valence-electron chi connectivity index (χ1n) is 5.11. The highest BCUT2D eigenvalue weighted by Gasteiger charge is 2.14. The highest BCUT2D eigenvalue weighted by molar-refractivity contribution is 8.00. The zero-order chi connectivity index (χ0) is 8.81.